The molecule has 0 radical (unpaired) electrons. The average molecular weight is 355 g/mol. The number of anilines is 1. The van der Waals surface area contributed by atoms with E-state index in [4.69, 9.17) is 4.74 Å². The van der Waals surface area contributed by atoms with Crippen molar-refractivity contribution in [3.8, 4) is 0 Å². The van der Waals surface area contributed by atoms with E-state index in [0.29, 0.717) is 23.6 Å². The lowest BCUT2D eigenvalue weighted by Gasteiger charge is -2.14. The topological polar surface area (TPSA) is 34.1 Å². The van der Waals surface area contributed by atoms with Crippen LogP contribution in [0.5, 0.6) is 0 Å². The van der Waals surface area contributed by atoms with E-state index >= 15 is 0 Å². The van der Waals surface area contributed by atoms with Crippen molar-refractivity contribution in [2.45, 2.75) is 26.4 Å². The van der Waals surface area contributed by atoms with Gasteiger partial charge in [-0.1, -0.05) is 13.8 Å². The van der Waals surface area contributed by atoms with E-state index in [0.717, 1.165) is 12.5 Å². The zero-order chi connectivity index (χ0) is 15.2. The van der Waals surface area contributed by atoms with Gasteiger partial charge in [-0.2, -0.15) is 13.2 Å². The minimum atomic E-state index is -4.43. The Morgan fingerprint density at radius 3 is 2.65 bits per heavy atom. The van der Waals surface area contributed by atoms with E-state index in [2.05, 4.69) is 40.1 Å². The number of ether oxygens (including phenoxy) is 1. The number of rotatable bonds is 7. The van der Waals surface area contributed by atoms with Crippen molar-refractivity contribution >= 4 is 21.7 Å². The molecule has 1 rings (SSSR count). The third kappa shape index (κ3) is 6.09. The van der Waals surface area contributed by atoms with Gasteiger partial charge in [-0.25, -0.2) is 4.98 Å². The van der Waals surface area contributed by atoms with Crippen molar-refractivity contribution in [2.75, 3.05) is 25.1 Å². The van der Waals surface area contributed by atoms with E-state index in [9.17, 15) is 13.2 Å². The van der Waals surface area contributed by atoms with Crippen molar-refractivity contribution in [3.63, 3.8) is 0 Å². The molecule has 0 saturated heterocycles. The first-order valence-electron chi connectivity index (χ1n) is 6.35. The molecule has 1 N–H and O–H groups in total. The quantitative estimate of drug-likeness (QED) is 0.739. The summed E-state index contributed by atoms with van der Waals surface area (Å²) in [6.45, 7) is 5.42. The molecule has 7 heteroatoms. The van der Waals surface area contributed by atoms with Crippen LogP contribution in [0, 0.1) is 5.92 Å². The van der Waals surface area contributed by atoms with Gasteiger partial charge in [-0.15, -0.1) is 0 Å². The maximum atomic E-state index is 12.8. The van der Waals surface area contributed by atoms with E-state index in [1.165, 1.54) is 6.20 Å². The van der Waals surface area contributed by atoms with Crippen LogP contribution in [-0.4, -0.2) is 24.7 Å². The molecule has 0 aliphatic heterocycles. The Morgan fingerprint density at radius 1 is 1.35 bits per heavy atom. The predicted octanol–water partition coefficient (Wildman–Crippen LogP) is 4.34. The van der Waals surface area contributed by atoms with E-state index in [-0.39, 0.29) is 12.4 Å². The van der Waals surface area contributed by atoms with Crippen LogP contribution in [0.3, 0.4) is 0 Å². The van der Waals surface area contributed by atoms with Gasteiger partial charge < -0.3 is 10.1 Å². The number of nitrogens with one attached hydrogen (secondary N) is 1. The zero-order valence-corrected chi connectivity index (χ0v) is 13.0. The van der Waals surface area contributed by atoms with Gasteiger partial charge in [0.25, 0.3) is 0 Å². The third-order valence-corrected chi connectivity index (χ3v) is 2.97. The number of hydrogen-bond donors (Lipinski definition) is 1. The summed E-state index contributed by atoms with van der Waals surface area (Å²) in [6.07, 6.45) is -2.17. The number of halogens is 4. The summed E-state index contributed by atoms with van der Waals surface area (Å²) in [5.41, 5.74) is -0.783. The Hall–Kier alpha value is -0.820. The molecule has 1 aromatic heterocycles. The van der Waals surface area contributed by atoms with Gasteiger partial charge in [0.05, 0.1) is 12.2 Å². The van der Waals surface area contributed by atoms with Crippen LogP contribution in [0.25, 0.3) is 0 Å². The van der Waals surface area contributed by atoms with Crippen molar-refractivity contribution in [1.82, 2.24) is 4.98 Å². The van der Waals surface area contributed by atoms with Crippen LogP contribution in [0.2, 0.25) is 0 Å². The molecule has 0 amide bonds. The summed E-state index contributed by atoms with van der Waals surface area (Å²) < 4.78 is 44.1. The van der Waals surface area contributed by atoms with Crippen LogP contribution < -0.4 is 5.32 Å². The normalized spacial score (nSPS) is 11.9. The molecule has 0 bridgehead atoms. The van der Waals surface area contributed by atoms with Gasteiger partial charge in [0.2, 0.25) is 0 Å². The molecule has 1 aromatic rings. The van der Waals surface area contributed by atoms with Crippen LogP contribution in [0.15, 0.2) is 16.7 Å². The molecular weight excluding hydrogens is 337 g/mol. The van der Waals surface area contributed by atoms with E-state index < -0.39 is 11.7 Å². The van der Waals surface area contributed by atoms with Gasteiger partial charge in [0, 0.05) is 23.8 Å². The lowest BCUT2D eigenvalue weighted by molar-refractivity contribution is -0.137. The Bertz CT molecular complexity index is 425. The predicted molar refractivity (Wildman–Crippen MR) is 75.7 cm³/mol. The summed E-state index contributed by atoms with van der Waals surface area (Å²) in [6, 6.07) is 1.01. The fraction of sp³-hybridized carbons (Fsp3) is 0.615. The summed E-state index contributed by atoms with van der Waals surface area (Å²) in [5.74, 6) is 0.376. The van der Waals surface area contributed by atoms with Crippen LogP contribution in [-0.2, 0) is 10.9 Å². The van der Waals surface area contributed by atoms with Crippen molar-refractivity contribution in [3.05, 3.63) is 22.3 Å². The minimum Gasteiger partial charge on any atom is -0.380 e. The first-order valence-corrected chi connectivity index (χ1v) is 7.14. The average Bonchev–Trinajstić information content (AvgIpc) is 2.33. The number of nitrogens with zero attached hydrogens (tertiary/aromatic N) is 1. The summed E-state index contributed by atoms with van der Waals surface area (Å²) in [4.78, 5) is 3.76. The Kier molecular flexibility index (Phi) is 6.75. The molecule has 0 unspecified atom stereocenters. The number of alkyl halides is 3. The van der Waals surface area contributed by atoms with Crippen molar-refractivity contribution in [1.29, 1.82) is 0 Å². The Morgan fingerprint density at radius 2 is 2.05 bits per heavy atom. The van der Waals surface area contributed by atoms with Gasteiger partial charge >= 0.3 is 6.18 Å². The smallest absolute Gasteiger partial charge is 0.380 e. The highest BCUT2D eigenvalue weighted by molar-refractivity contribution is 9.10. The van der Waals surface area contributed by atoms with Crippen LogP contribution >= 0.6 is 15.9 Å². The van der Waals surface area contributed by atoms with Crippen molar-refractivity contribution in [2.24, 2.45) is 5.92 Å². The molecular formula is C13H18BrF3N2O. The molecule has 3 nitrogen and oxygen atoms in total. The lowest BCUT2D eigenvalue weighted by Crippen LogP contribution is -2.16. The SMILES string of the molecule is CC(C)CCOCCNc1ncc(Br)cc1C(F)(F)F. The standard InChI is InChI=1S/C13H18BrF3N2O/c1-9(2)3-5-20-6-4-18-12-11(13(15,16)17)7-10(14)8-19-12/h7-9H,3-6H2,1-2H3,(H,18,19). The Labute approximate surface area is 125 Å². The second kappa shape index (κ2) is 7.83. The molecule has 0 aromatic carbocycles. The number of hydrogen-bond acceptors (Lipinski definition) is 3. The van der Waals surface area contributed by atoms with Crippen LogP contribution in [0.1, 0.15) is 25.8 Å². The monoisotopic (exact) mass is 354 g/mol. The maximum absolute atomic E-state index is 12.8. The second-order valence-electron chi connectivity index (χ2n) is 4.77. The van der Waals surface area contributed by atoms with Gasteiger partial charge in [0.15, 0.2) is 0 Å². The fourth-order valence-electron chi connectivity index (χ4n) is 1.46. The highest BCUT2D eigenvalue weighted by atomic mass is 79.9. The maximum Gasteiger partial charge on any atom is 0.419 e. The van der Waals surface area contributed by atoms with Gasteiger partial charge in [-0.3, -0.25) is 0 Å². The van der Waals surface area contributed by atoms with E-state index in [1.54, 1.807) is 0 Å². The molecule has 0 aliphatic rings. The van der Waals surface area contributed by atoms with Gasteiger partial charge in [0.1, 0.15) is 5.82 Å². The highest BCUT2D eigenvalue weighted by Gasteiger charge is 2.34. The second-order valence-corrected chi connectivity index (χ2v) is 5.68. The minimum absolute atomic E-state index is 0.173. The summed E-state index contributed by atoms with van der Waals surface area (Å²) in [5, 5.41) is 2.66. The molecule has 0 atom stereocenters. The molecule has 114 valence electrons. The summed E-state index contributed by atoms with van der Waals surface area (Å²) >= 11 is 2.99. The van der Waals surface area contributed by atoms with Gasteiger partial charge in [-0.05, 0) is 34.3 Å². The number of aromatic nitrogens is 1. The first kappa shape index (κ1) is 17.2. The zero-order valence-electron chi connectivity index (χ0n) is 11.4. The first-order chi connectivity index (χ1) is 9.30. The molecule has 0 spiro atoms. The fourth-order valence-corrected chi connectivity index (χ4v) is 1.79. The third-order valence-electron chi connectivity index (χ3n) is 2.54. The molecule has 0 saturated carbocycles. The Balaban J connectivity index is 2.48. The summed E-state index contributed by atoms with van der Waals surface area (Å²) in [7, 11) is 0. The largest absolute Gasteiger partial charge is 0.419 e. The lowest BCUT2D eigenvalue weighted by atomic mass is 10.1. The van der Waals surface area contributed by atoms with Crippen molar-refractivity contribution < 1.29 is 17.9 Å². The van der Waals surface area contributed by atoms with Crippen LogP contribution in [0.4, 0.5) is 19.0 Å². The van der Waals surface area contributed by atoms with E-state index in [1.807, 2.05) is 0 Å². The molecule has 1 heterocycles. The highest BCUT2D eigenvalue weighted by Crippen LogP contribution is 2.35. The molecule has 0 fully saturated rings. The molecule has 0 aliphatic carbocycles. The number of pyridine rings is 1. The molecule has 20 heavy (non-hydrogen) atoms.